The zero-order valence-corrected chi connectivity index (χ0v) is 9.33. The Morgan fingerprint density at radius 2 is 1.93 bits per heavy atom. The van der Waals surface area contributed by atoms with Crippen molar-refractivity contribution in [3.8, 4) is 0 Å². The second kappa shape index (κ2) is 7.80. The Kier molecular flexibility index (Phi) is 7.48. The zero-order chi connectivity index (χ0) is 11.0. The first-order valence-electron chi connectivity index (χ1n) is 5.58. The number of carbonyl (C=O) groups is 1. The van der Waals surface area contributed by atoms with E-state index >= 15 is 0 Å². The van der Waals surface area contributed by atoms with Gasteiger partial charge in [0.1, 0.15) is 0 Å². The van der Waals surface area contributed by atoms with Gasteiger partial charge in [0.05, 0.1) is 5.92 Å². The number of carboxylic acid groups (broad SMARTS) is 1. The smallest absolute Gasteiger partial charge is 0.307 e. The van der Waals surface area contributed by atoms with Gasteiger partial charge in [0.25, 0.3) is 0 Å². The fourth-order valence-corrected chi connectivity index (χ4v) is 1.74. The second-order valence-corrected chi connectivity index (χ2v) is 3.91. The van der Waals surface area contributed by atoms with Crippen LogP contribution in [0.2, 0.25) is 0 Å². The van der Waals surface area contributed by atoms with Crippen LogP contribution in [0.3, 0.4) is 0 Å². The minimum atomic E-state index is -0.751. The molecule has 0 saturated carbocycles. The lowest BCUT2D eigenvalue weighted by atomic mass is 9.91. The number of hydrogen-bond donors (Lipinski definition) is 2. The van der Waals surface area contributed by atoms with Crippen LogP contribution in [0.1, 0.15) is 46.0 Å². The van der Waals surface area contributed by atoms with Crippen molar-refractivity contribution in [1.29, 1.82) is 0 Å². The van der Waals surface area contributed by atoms with Crippen LogP contribution in [-0.4, -0.2) is 17.6 Å². The maximum absolute atomic E-state index is 10.7. The maximum Gasteiger partial charge on any atom is 0.307 e. The van der Waals surface area contributed by atoms with E-state index in [-0.39, 0.29) is 12.5 Å². The lowest BCUT2D eigenvalue weighted by Gasteiger charge is -2.16. The Morgan fingerprint density at radius 3 is 2.29 bits per heavy atom. The van der Waals surface area contributed by atoms with Crippen molar-refractivity contribution in [2.45, 2.75) is 46.0 Å². The number of nitrogens with two attached hydrogens (primary N) is 1. The average molecular weight is 201 g/mol. The van der Waals surface area contributed by atoms with E-state index in [0.717, 1.165) is 19.3 Å². The molecule has 0 radical (unpaired) electrons. The molecule has 0 amide bonds. The normalized spacial score (nSPS) is 15.1. The summed E-state index contributed by atoms with van der Waals surface area (Å²) >= 11 is 0. The molecule has 0 aliphatic heterocycles. The Labute approximate surface area is 86.7 Å². The van der Waals surface area contributed by atoms with Crippen LogP contribution < -0.4 is 5.73 Å². The summed E-state index contributed by atoms with van der Waals surface area (Å²) in [4.78, 5) is 10.7. The quantitative estimate of drug-likeness (QED) is 0.633. The third-order valence-corrected chi connectivity index (χ3v) is 2.83. The molecular weight excluding hydrogens is 178 g/mol. The van der Waals surface area contributed by atoms with Crippen molar-refractivity contribution in [3.63, 3.8) is 0 Å². The third kappa shape index (κ3) is 5.22. The number of aliphatic carboxylic acids is 1. The predicted molar refractivity (Wildman–Crippen MR) is 58.1 cm³/mol. The molecule has 0 fully saturated rings. The lowest BCUT2D eigenvalue weighted by Crippen LogP contribution is -2.23. The molecule has 2 unspecified atom stereocenters. The summed E-state index contributed by atoms with van der Waals surface area (Å²) in [5.41, 5.74) is 5.39. The first kappa shape index (κ1) is 13.4. The lowest BCUT2D eigenvalue weighted by molar-refractivity contribution is -0.141. The van der Waals surface area contributed by atoms with Gasteiger partial charge < -0.3 is 10.8 Å². The highest BCUT2D eigenvalue weighted by Crippen LogP contribution is 2.20. The van der Waals surface area contributed by atoms with E-state index in [4.69, 9.17) is 10.8 Å². The van der Waals surface area contributed by atoms with Gasteiger partial charge in [0.15, 0.2) is 0 Å². The van der Waals surface area contributed by atoms with E-state index in [0.29, 0.717) is 5.92 Å². The van der Waals surface area contributed by atoms with E-state index in [1.54, 1.807) is 0 Å². The van der Waals surface area contributed by atoms with Gasteiger partial charge in [0, 0.05) is 6.54 Å². The molecule has 0 bridgehead atoms. The van der Waals surface area contributed by atoms with E-state index in [1.807, 2.05) is 0 Å². The topological polar surface area (TPSA) is 63.3 Å². The van der Waals surface area contributed by atoms with E-state index in [2.05, 4.69) is 13.8 Å². The van der Waals surface area contributed by atoms with Crippen molar-refractivity contribution in [2.24, 2.45) is 17.6 Å². The molecular formula is C11H23NO2. The highest BCUT2D eigenvalue weighted by molar-refractivity contribution is 5.70. The maximum atomic E-state index is 10.7. The average Bonchev–Trinajstić information content (AvgIpc) is 2.16. The van der Waals surface area contributed by atoms with Crippen LogP contribution >= 0.6 is 0 Å². The standard InChI is InChI=1S/C11H23NO2/c1-3-5-9(4-2)6-7-10(8-12)11(13)14/h9-10H,3-8,12H2,1-2H3,(H,13,14). The molecule has 84 valence electrons. The molecule has 2 atom stereocenters. The molecule has 3 N–H and O–H groups in total. The van der Waals surface area contributed by atoms with Crippen LogP contribution in [0.4, 0.5) is 0 Å². The molecule has 14 heavy (non-hydrogen) atoms. The number of hydrogen-bond acceptors (Lipinski definition) is 2. The Bertz CT molecular complexity index is 159. The van der Waals surface area contributed by atoms with E-state index < -0.39 is 5.97 Å². The Morgan fingerprint density at radius 1 is 1.29 bits per heavy atom. The first-order valence-corrected chi connectivity index (χ1v) is 5.58. The Hall–Kier alpha value is -0.570. The summed E-state index contributed by atoms with van der Waals surface area (Å²) < 4.78 is 0. The predicted octanol–water partition coefficient (Wildman–Crippen LogP) is 2.25. The van der Waals surface area contributed by atoms with Gasteiger partial charge in [-0.1, -0.05) is 33.1 Å². The summed E-state index contributed by atoms with van der Waals surface area (Å²) in [6.45, 7) is 4.59. The summed E-state index contributed by atoms with van der Waals surface area (Å²) in [5.74, 6) is -0.423. The third-order valence-electron chi connectivity index (χ3n) is 2.83. The summed E-state index contributed by atoms with van der Waals surface area (Å²) in [7, 11) is 0. The van der Waals surface area contributed by atoms with Crippen LogP contribution in [0, 0.1) is 11.8 Å². The van der Waals surface area contributed by atoms with Crippen molar-refractivity contribution >= 4 is 5.97 Å². The van der Waals surface area contributed by atoms with Crippen molar-refractivity contribution in [3.05, 3.63) is 0 Å². The summed E-state index contributed by atoms with van der Waals surface area (Å²) in [6, 6.07) is 0. The van der Waals surface area contributed by atoms with Gasteiger partial charge in [-0.25, -0.2) is 0 Å². The van der Waals surface area contributed by atoms with Crippen LogP contribution in [-0.2, 0) is 4.79 Å². The van der Waals surface area contributed by atoms with E-state index in [9.17, 15) is 4.79 Å². The number of carboxylic acids is 1. The Balaban J connectivity index is 3.81. The minimum absolute atomic E-state index is 0.262. The molecule has 0 rings (SSSR count). The fourth-order valence-electron chi connectivity index (χ4n) is 1.74. The molecule has 0 aromatic rings. The summed E-state index contributed by atoms with van der Waals surface area (Å²) in [5, 5.41) is 8.81. The largest absolute Gasteiger partial charge is 0.481 e. The molecule has 0 saturated heterocycles. The minimum Gasteiger partial charge on any atom is -0.481 e. The van der Waals surface area contributed by atoms with Crippen LogP contribution in [0.25, 0.3) is 0 Å². The molecule has 0 heterocycles. The monoisotopic (exact) mass is 201 g/mol. The van der Waals surface area contributed by atoms with Gasteiger partial charge in [0.2, 0.25) is 0 Å². The molecule has 0 spiro atoms. The van der Waals surface area contributed by atoms with Gasteiger partial charge in [-0.2, -0.15) is 0 Å². The second-order valence-electron chi connectivity index (χ2n) is 3.91. The van der Waals surface area contributed by atoms with Crippen LogP contribution in [0.5, 0.6) is 0 Å². The molecule has 0 aliphatic rings. The zero-order valence-electron chi connectivity index (χ0n) is 9.33. The molecule has 0 aliphatic carbocycles. The number of rotatable bonds is 8. The van der Waals surface area contributed by atoms with Gasteiger partial charge in [-0.15, -0.1) is 0 Å². The van der Waals surface area contributed by atoms with E-state index in [1.165, 1.54) is 12.8 Å². The van der Waals surface area contributed by atoms with Gasteiger partial charge >= 0.3 is 5.97 Å². The van der Waals surface area contributed by atoms with Crippen molar-refractivity contribution in [1.82, 2.24) is 0 Å². The molecule has 0 aromatic carbocycles. The SMILES string of the molecule is CCCC(CC)CCC(CN)C(=O)O. The fraction of sp³-hybridized carbons (Fsp3) is 0.909. The first-order chi connectivity index (χ1) is 6.65. The van der Waals surface area contributed by atoms with Gasteiger partial charge in [-0.3, -0.25) is 4.79 Å². The van der Waals surface area contributed by atoms with Crippen LogP contribution in [0.15, 0.2) is 0 Å². The highest BCUT2D eigenvalue weighted by Gasteiger charge is 2.16. The van der Waals surface area contributed by atoms with Crippen molar-refractivity contribution in [2.75, 3.05) is 6.54 Å². The van der Waals surface area contributed by atoms with Crippen molar-refractivity contribution < 1.29 is 9.90 Å². The molecule has 0 aromatic heterocycles. The highest BCUT2D eigenvalue weighted by atomic mass is 16.4. The molecule has 3 heteroatoms. The van der Waals surface area contributed by atoms with Gasteiger partial charge in [-0.05, 0) is 18.8 Å². The summed E-state index contributed by atoms with van der Waals surface area (Å²) in [6.07, 6.45) is 5.25. The molecule has 3 nitrogen and oxygen atoms in total.